The van der Waals surface area contributed by atoms with E-state index in [1.54, 1.807) is 12.1 Å². The van der Waals surface area contributed by atoms with Gasteiger partial charge in [-0.25, -0.2) is 0 Å². The highest BCUT2D eigenvalue weighted by Gasteiger charge is 2.26. The maximum absolute atomic E-state index is 10.6. The van der Waals surface area contributed by atoms with Gasteiger partial charge in [-0.3, -0.25) is 10.1 Å². The van der Waals surface area contributed by atoms with Crippen LogP contribution in [0.4, 0.5) is 5.69 Å². The van der Waals surface area contributed by atoms with Crippen molar-refractivity contribution in [1.29, 1.82) is 0 Å². The van der Waals surface area contributed by atoms with Crippen LogP contribution in [0.3, 0.4) is 0 Å². The van der Waals surface area contributed by atoms with E-state index in [9.17, 15) is 10.1 Å². The van der Waals surface area contributed by atoms with Gasteiger partial charge in [0.05, 0.1) is 11.5 Å². The molecule has 0 bridgehead atoms. The lowest BCUT2D eigenvalue weighted by Crippen LogP contribution is -2.49. The first-order valence-electron chi connectivity index (χ1n) is 6.65. The van der Waals surface area contributed by atoms with Crippen LogP contribution in [0.25, 0.3) is 0 Å². The molecule has 1 N–H and O–H groups in total. The van der Waals surface area contributed by atoms with E-state index in [-0.39, 0.29) is 16.1 Å². The first kappa shape index (κ1) is 14.0. The van der Waals surface area contributed by atoms with Crippen LogP contribution >= 0.6 is 0 Å². The number of rotatable bonds is 5. The van der Waals surface area contributed by atoms with Gasteiger partial charge in [0.1, 0.15) is 0 Å². The molecule has 0 aromatic heterocycles. The van der Waals surface area contributed by atoms with Crippen molar-refractivity contribution in [3.05, 3.63) is 39.9 Å². The van der Waals surface area contributed by atoms with E-state index in [0.29, 0.717) is 0 Å². The van der Waals surface area contributed by atoms with E-state index in [1.807, 2.05) is 12.1 Å². The summed E-state index contributed by atoms with van der Waals surface area (Å²) in [5.74, 6) is 0. The Morgan fingerprint density at radius 1 is 1.42 bits per heavy atom. The molecule has 0 amide bonds. The highest BCUT2D eigenvalue weighted by Crippen LogP contribution is 2.18. The molecule has 1 fully saturated rings. The molecule has 0 radical (unpaired) electrons. The topological polar surface area (TPSA) is 64.4 Å². The third kappa shape index (κ3) is 4.01. The Morgan fingerprint density at radius 2 is 2.16 bits per heavy atom. The number of nitro groups is 1. The van der Waals surface area contributed by atoms with Crippen molar-refractivity contribution in [3.63, 3.8) is 0 Å². The van der Waals surface area contributed by atoms with Crippen molar-refractivity contribution in [2.75, 3.05) is 19.8 Å². The third-order valence-electron chi connectivity index (χ3n) is 3.55. The van der Waals surface area contributed by atoms with Crippen LogP contribution < -0.4 is 5.32 Å². The average molecular weight is 264 g/mol. The van der Waals surface area contributed by atoms with Crippen LogP contribution in [0.2, 0.25) is 0 Å². The Bertz CT molecular complexity index is 425. The van der Waals surface area contributed by atoms with Crippen LogP contribution in [0, 0.1) is 10.1 Å². The maximum atomic E-state index is 10.6. The van der Waals surface area contributed by atoms with Crippen molar-refractivity contribution < 1.29 is 9.66 Å². The van der Waals surface area contributed by atoms with Crippen LogP contribution in [0.1, 0.15) is 25.3 Å². The van der Waals surface area contributed by atoms with Gasteiger partial charge < -0.3 is 10.1 Å². The molecular weight excluding hydrogens is 244 g/mol. The second kappa shape index (κ2) is 6.12. The molecule has 1 atom stereocenters. The summed E-state index contributed by atoms with van der Waals surface area (Å²) in [5, 5.41) is 14.1. The molecule has 1 aromatic carbocycles. The number of hydrogen-bond acceptors (Lipinski definition) is 4. The van der Waals surface area contributed by atoms with E-state index in [1.165, 1.54) is 0 Å². The summed E-state index contributed by atoms with van der Waals surface area (Å²) in [7, 11) is 0. The van der Waals surface area contributed by atoms with E-state index in [2.05, 4.69) is 12.2 Å². The number of nitro benzene ring substituents is 1. The predicted octanol–water partition coefficient (Wildman–Crippen LogP) is 2.30. The van der Waals surface area contributed by atoms with Gasteiger partial charge in [-0.05, 0) is 38.3 Å². The zero-order valence-electron chi connectivity index (χ0n) is 11.2. The first-order valence-corrected chi connectivity index (χ1v) is 6.65. The van der Waals surface area contributed by atoms with Gasteiger partial charge in [-0.15, -0.1) is 0 Å². The van der Waals surface area contributed by atoms with Crippen LogP contribution in [0.15, 0.2) is 24.3 Å². The molecule has 1 aliphatic heterocycles. The molecule has 1 heterocycles. The monoisotopic (exact) mass is 264 g/mol. The molecule has 104 valence electrons. The van der Waals surface area contributed by atoms with Gasteiger partial charge in [-0.2, -0.15) is 0 Å². The molecule has 1 unspecified atom stereocenters. The van der Waals surface area contributed by atoms with E-state index in [4.69, 9.17) is 4.74 Å². The van der Waals surface area contributed by atoms with E-state index in [0.717, 1.165) is 44.6 Å². The third-order valence-corrected chi connectivity index (χ3v) is 3.55. The normalized spacial score (nSPS) is 23.2. The summed E-state index contributed by atoms with van der Waals surface area (Å²) in [6, 6.07) is 6.75. The molecule has 0 aliphatic carbocycles. The molecule has 1 saturated heterocycles. The lowest BCUT2D eigenvalue weighted by Gasteiger charge is -2.34. The molecule has 0 spiro atoms. The summed E-state index contributed by atoms with van der Waals surface area (Å²) in [5.41, 5.74) is 1.32. The smallest absolute Gasteiger partial charge is 0.269 e. The van der Waals surface area contributed by atoms with Gasteiger partial charge in [0.2, 0.25) is 0 Å². The van der Waals surface area contributed by atoms with Crippen LogP contribution in [-0.4, -0.2) is 30.2 Å². The maximum Gasteiger partial charge on any atom is 0.269 e. The summed E-state index contributed by atoms with van der Waals surface area (Å²) in [6.07, 6.45) is 3.10. The highest BCUT2D eigenvalue weighted by molar-refractivity contribution is 5.32. The van der Waals surface area contributed by atoms with Crippen LogP contribution in [0.5, 0.6) is 0 Å². The average Bonchev–Trinajstić information content (AvgIpc) is 2.40. The van der Waals surface area contributed by atoms with Crippen molar-refractivity contribution in [2.45, 2.75) is 31.7 Å². The minimum Gasteiger partial charge on any atom is -0.380 e. The summed E-state index contributed by atoms with van der Waals surface area (Å²) >= 11 is 0. The number of nitrogens with zero attached hydrogens (tertiary/aromatic N) is 1. The number of nitrogens with one attached hydrogen (secondary N) is 1. The number of benzene rings is 1. The Labute approximate surface area is 113 Å². The van der Waals surface area contributed by atoms with Crippen molar-refractivity contribution in [2.24, 2.45) is 0 Å². The van der Waals surface area contributed by atoms with Gasteiger partial charge >= 0.3 is 0 Å². The number of non-ortho nitro benzene ring substituents is 1. The zero-order valence-corrected chi connectivity index (χ0v) is 11.2. The highest BCUT2D eigenvalue weighted by atomic mass is 16.6. The second-order valence-electron chi connectivity index (χ2n) is 5.32. The summed E-state index contributed by atoms with van der Waals surface area (Å²) in [6.45, 7) is 4.66. The number of ether oxygens (including phenoxy) is 1. The van der Waals surface area contributed by atoms with Gasteiger partial charge in [0.25, 0.3) is 5.69 Å². The van der Waals surface area contributed by atoms with E-state index < -0.39 is 0 Å². The Kier molecular flexibility index (Phi) is 4.50. The van der Waals surface area contributed by atoms with Gasteiger partial charge in [0.15, 0.2) is 0 Å². The number of hydrogen-bond donors (Lipinski definition) is 1. The quantitative estimate of drug-likeness (QED) is 0.654. The molecule has 1 aliphatic rings. The summed E-state index contributed by atoms with van der Waals surface area (Å²) < 4.78 is 5.49. The largest absolute Gasteiger partial charge is 0.380 e. The fraction of sp³-hybridized carbons (Fsp3) is 0.571. The fourth-order valence-corrected chi connectivity index (χ4v) is 2.37. The van der Waals surface area contributed by atoms with Crippen molar-refractivity contribution in [1.82, 2.24) is 5.32 Å². The molecule has 0 saturated carbocycles. The fourth-order valence-electron chi connectivity index (χ4n) is 2.37. The van der Waals surface area contributed by atoms with Crippen LogP contribution in [-0.2, 0) is 11.2 Å². The van der Waals surface area contributed by atoms with Gasteiger partial charge in [0, 0.05) is 24.3 Å². The Balaban J connectivity index is 1.80. The SMILES string of the molecule is CC1(NCCc2ccc([N+](=O)[O-])cc2)CCCOC1. The second-order valence-corrected chi connectivity index (χ2v) is 5.32. The Hall–Kier alpha value is -1.46. The molecule has 19 heavy (non-hydrogen) atoms. The lowest BCUT2D eigenvalue weighted by molar-refractivity contribution is -0.384. The molecule has 5 nitrogen and oxygen atoms in total. The van der Waals surface area contributed by atoms with Gasteiger partial charge in [-0.1, -0.05) is 12.1 Å². The van der Waals surface area contributed by atoms with E-state index >= 15 is 0 Å². The first-order chi connectivity index (χ1) is 9.09. The van der Waals surface area contributed by atoms with Crippen molar-refractivity contribution >= 4 is 5.69 Å². The zero-order chi connectivity index (χ0) is 13.7. The lowest BCUT2D eigenvalue weighted by atomic mass is 9.94. The standard InChI is InChI=1S/C14H20N2O3/c1-14(8-2-10-19-11-14)15-9-7-12-3-5-13(6-4-12)16(17)18/h3-6,15H,2,7-11H2,1H3. The Morgan fingerprint density at radius 3 is 2.74 bits per heavy atom. The molecular formula is C14H20N2O3. The minimum absolute atomic E-state index is 0.0685. The molecule has 5 heteroatoms. The minimum atomic E-state index is -0.373. The summed E-state index contributed by atoms with van der Waals surface area (Å²) in [4.78, 5) is 10.2. The van der Waals surface area contributed by atoms with Crippen molar-refractivity contribution in [3.8, 4) is 0 Å². The predicted molar refractivity (Wildman–Crippen MR) is 73.3 cm³/mol. The molecule has 1 aromatic rings. The molecule has 2 rings (SSSR count).